The molecule has 9 nitrogen and oxygen atoms in total. The van der Waals surface area contributed by atoms with Crippen LogP contribution in [0, 0.1) is 0 Å². The van der Waals surface area contributed by atoms with Gasteiger partial charge >= 0.3 is 6.03 Å². The highest BCUT2D eigenvalue weighted by atomic mass is 16.2. The van der Waals surface area contributed by atoms with Gasteiger partial charge in [-0.3, -0.25) is 25.2 Å². The molecule has 34 heavy (non-hydrogen) atoms. The van der Waals surface area contributed by atoms with Gasteiger partial charge in [-0.15, -0.1) is 0 Å². The first-order valence-corrected chi connectivity index (χ1v) is 11.0. The second-order valence-electron chi connectivity index (χ2n) is 8.40. The molecule has 2 aliphatic heterocycles. The van der Waals surface area contributed by atoms with Crippen LogP contribution in [-0.2, 0) is 11.3 Å². The third kappa shape index (κ3) is 3.71. The Labute approximate surface area is 195 Å². The van der Waals surface area contributed by atoms with E-state index >= 15 is 0 Å². The van der Waals surface area contributed by atoms with Crippen LogP contribution in [0.5, 0.6) is 0 Å². The van der Waals surface area contributed by atoms with Crippen molar-refractivity contribution in [2.45, 2.75) is 25.4 Å². The standard InChI is InChI=1S/C25H23N5O4/c26-25(34)29-13-3-8-20(29)23(32)28-27-22(31)17-11-9-15(10-12-17)14-30-19-7-2-5-16-4-1-6-18(21(16)19)24(30)33/h1-2,4-7,9-12,20H,3,8,13-14H2,(H2,26,34)(H,27,31)(H,28,32)/t20-/m0/s1. The molecule has 5 rings (SSSR count). The summed E-state index contributed by atoms with van der Waals surface area (Å²) >= 11 is 0. The molecule has 4 N–H and O–H groups in total. The fourth-order valence-corrected chi connectivity index (χ4v) is 4.66. The number of hydrogen-bond acceptors (Lipinski definition) is 4. The topological polar surface area (TPSA) is 125 Å². The number of urea groups is 1. The Morgan fingerprint density at radius 3 is 2.44 bits per heavy atom. The molecular weight excluding hydrogens is 434 g/mol. The highest BCUT2D eigenvalue weighted by Gasteiger charge is 2.33. The van der Waals surface area contributed by atoms with E-state index in [0.717, 1.165) is 22.0 Å². The number of likely N-dealkylation sites (tertiary alicyclic amines) is 1. The zero-order valence-electron chi connectivity index (χ0n) is 18.3. The van der Waals surface area contributed by atoms with E-state index in [0.29, 0.717) is 37.1 Å². The number of nitrogens with two attached hydrogens (primary N) is 1. The Hall–Kier alpha value is -4.40. The summed E-state index contributed by atoms with van der Waals surface area (Å²) in [6.07, 6.45) is 1.17. The van der Waals surface area contributed by atoms with E-state index in [-0.39, 0.29) is 5.91 Å². The number of amides is 5. The van der Waals surface area contributed by atoms with Crippen LogP contribution < -0.4 is 21.5 Å². The second kappa shape index (κ2) is 8.51. The molecule has 3 aromatic rings. The van der Waals surface area contributed by atoms with Gasteiger partial charge in [-0.1, -0.05) is 36.4 Å². The SMILES string of the molecule is NC(=O)N1CCC[C@H]1C(=O)NNC(=O)c1ccc(CN2C(=O)c3cccc4cccc2c34)cc1. The first-order chi connectivity index (χ1) is 16.4. The minimum Gasteiger partial charge on any atom is -0.351 e. The van der Waals surface area contributed by atoms with Crippen molar-refractivity contribution < 1.29 is 19.2 Å². The lowest BCUT2D eigenvalue weighted by Gasteiger charge is -2.21. The zero-order chi connectivity index (χ0) is 23.8. The summed E-state index contributed by atoms with van der Waals surface area (Å²) in [4.78, 5) is 52.2. The van der Waals surface area contributed by atoms with Crippen LogP contribution in [0.25, 0.3) is 10.8 Å². The molecule has 1 fully saturated rings. The van der Waals surface area contributed by atoms with Crippen LogP contribution in [0.3, 0.4) is 0 Å². The van der Waals surface area contributed by atoms with E-state index in [1.807, 2.05) is 36.4 Å². The molecule has 0 saturated carbocycles. The van der Waals surface area contributed by atoms with Crippen molar-refractivity contribution in [1.82, 2.24) is 15.8 Å². The largest absolute Gasteiger partial charge is 0.351 e. The molecule has 172 valence electrons. The number of carbonyl (C=O) groups excluding carboxylic acids is 4. The van der Waals surface area contributed by atoms with Crippen molar-refractivity contribution in [3.8, 4) is 0 Å². The summed E-state index contributed by atoms with van der Waals surface area (Å²) < 4.78 is 0. The Balaban J connectivity index is 1.23. The van der Waals surface area contributed by atoms with Crippen LogP contribution in [-0.4, -0.2) is 41.2 Å². The Bertz CT molecular complexity index is 1320. The summed E-state index contributed by atoms with van der Waals surface area (Å²) in [7, 11) is 0. The van der Waals surface area contributed by atoms with Crippen molar-refractivity contribution in [1.29, 1.82) is 0 Å². The lowest BCUT2D eigenvalue weighted by atomic mass is 10.1. The highest BCUT2D eigenvalue weighted by Crippen LogP contribution is 2.37. The van der Waals surface area contributed by atoms with Crippen molar-refractivity contribution >= 4 is 40.2 Å². The number of hydrogen-bond donors (Lipinski definition) is 3. The molecule has 5 amide bonds. The molecule has 0 spiro atoms. The van der Waals surface area contributed by atoms with Crippen molar-refractivity contribution in [3.63, 3.8) is 0 Å². The van der Waals surface area contributed by atoms with E-state index in [1.165, 1.54) is 4.90 Å². The monoisotopic (exact) mass is 457 g/mol. The maximum atomic E-state index is 13.0. The third-order valence-corrected chi connectivity index (χ3v) is 6.34. The van der Waals surface area contributed by atoms with Gasteiger partial charge in [0, 0.05) is 23.1 Å². The zero-order valence-corrected chi connectivity index (χ0v) is 18.3. The minimum atomic E-state index is -0.688. The smallest absolute Gasteiger partial charge is 0.315 e. The molecule has 9 heteroatoms. The Morgan fingerprint density at radius 1 is 0.971 bits per heavy atom. The number of hydrazine groups is 1. The molecule has 2 aliphatic rings. The van der Waals surface area contributed by atoms with Gasteiger partial charge in [-0.05, 0) is 48.1 Å². The van der Waals surface area contributed by atoms with E-state index in [4.69, 9.17) is 5.73 Å². The van der Waals surface area contributed by atoms with Crippen molar-refractivity contribution in [3.05, 3.63) is 77.4 Å². The summed E-state index contributed by atoms with van der Waals surface area (Å²) in [5, 5.41) is 1.98. The molecule has 0 bridgehead atoms. The summed E-state index contributed by atoms with van der Waals surface area (Å²) in [6, 6.07) is 17.0. The van der Waals surface area contributed by atoms with Crippen LogP contribution in [0.1, 0.15) is 39.1 Å². The number of nitrogens with one attached hydrogen (secondary N) is 2. The van der Waals surface area contributed by atoms with Crippen LogP contribution in [0.2, 0.25) is 0 Å². The van der Waals surface area contributed by atoms with Crippen LogP contribution in [0.15, 0.2) is 60.7 Å². The van der Waals surface area contributed by atoms with E-state index in [9.17, 15) is 19.2 Å². The quantitative estimate of drug-likeness (QED) is 0.520. The molecule has 0 unspecified atom stereocenters. The Morgan fingerprint density at radius 2 is 1.71 bits per heavy atom. The fourth-order valence-electron chi connectivity index (χ4n) is 4.66. The van der Waals surface area contributed by atoms with Crippen molar-refractivity contribution in [2.24, 2.45) is 5.73 Å². The van der Waals surface area contributed by atoms with Gasteiger partial charge in [-0.25, -0.2) is 4.79 Å². The van der Waals surface area contributed by atoms with Crippen molar-refractivity contribution in [2.75, 3.05) is 11.4 Å². The minimum absolute atomic E-state index is 0.0479. The average molecular weight is 457 g/mol. The van der Waals surface area contributed by atoms with Gasteiger partial charge in [0.1, 0.15) is 6.04 Å². The maximum Gasteiger partial charge on any atom is 0.315 e. The number of carbonyl (C=O) groups is 4. The number of nitrogens with zero attached hydrogens (tertiary/aromatic N) is 2. The molecule has 3 aromatic carbocycles. The number of rotatable bonds is 4. The predicted molar refractivity (Wildman–Crippen MR) is 126 cm³/mol. The van der Waals surface area contributed by atoms with Gasteiger partial charge in [0.25, 0.3) is 17.7 Å². The van der Waals surface area contributed by atoms with Gasteiger partial charge in [0.15, 0.2) is 0 Å². The van der Waals surface area contributed by atoms with E-state index in [1.54, 1.807) is 29.2 Å². The molecule has 1 atom stereocenters. The van der Waals surface area contributed by atoms with Gasteiger partial charge in [0.2, 0.25) is 0 Å². The first kappa shape index (κ1) is 21.4. The lowest BCUT2D eigenvalue weighted by molar-refractivity contribution is -0.125. The normalized spacial score (nSPS) is 16.7. The van der Waals surface area contributed by atoms with Crippen LogP contribution >= 0.6 is 0 Å². The molecular formula is C25H23N5O4. The third-order valence-electron chi connectivity index (χ3n) is 6.34. The molecule has 1 saturated heterocycles. The van der Waals surface area contributed by atoms with Gasteiger partial charge in [0.05, 0.1) is 12.2 Å². The molecule has 2 heterocycles. The Kier molecular flexibility index (Phi) is 5.37. The number of anilines is 1. The number of primary amides is 1. The summed E-state index contributed by atoms with van der Waals surface area (Å²) in [5.41, 5.74) is 12.8. The molecule has 0 aliphatic carbocycles. The highest BCUT2D eigenvalue weighted by molar-refractivity contribution is 6.24. The van der Waals surface area contributed by atoms with E-state index in [2.05, 4.69) is 10.9 Å². The fraction of sp³-hybridized carbons (Fsp3) is 0.200. The maximum absolute atomic E-state index is 13.0. The summed E-state index contributed by atoms with van der Waals surface area (Å²) in [6.45, 7) is 0.790. The van der Waals surface area contributed by atoms with Gasteiger partial charge < -0.3 is 15.5 Å². The first-order valence-electron chi connectivity index (χ1n) is 11.0. The molecule has 0 radical (unpaired) electrons. The number of benzene rings is 3. The van der Waals surface area contributed by atoms with E-state index < -0.39 is 23.9 Å². The average Bonchev–Trinajstić information content (AvgIpc) is 3.44. The second-order valence-corrected chi connectivity index (χ2v) is 8.40. The van der Waals surface area contributed by atoms with Gasteiger partial charge in [-0.2, -0.15) is 0 Å². The molecule has 0 aromatic heterocycles. The summed E-state index contributed by atoms with van der Waals surface area (Å²) in [5.74, 6) is -1.02. The predicted octanol–water partition coefficient (Wildman–Crippen LogP) is 2.30. The van der Waals surface area contributed by atoms with Crippen LogP contribution in [0.4, 0.5) is 10.5 Å². The lowest BCUT2D eigenvalue weighted by Crippen LogP contribution is -2.52.